The first-order valence-corrected chi connectivity index (χ1v) is 8.03. The number of thiophene rings is 1. The summed E-state index contributed by atoms with van der Waals surface area (Å²) in [6.07, 6.45) is 0. The molecular weight excluding hydrogens is 345 g/mol. The molecule has 1 aromatic heterocycles. The maximum absolute atomic E-state index is 11.8. The highest BCUT2D eigenvalue weighted by Crippen LogP contribution is 2.32. The van der Waals surface area contributed by atoms with Crippen LogP contribution >= 0.6 is 34.5 Å². The number of benzene rings is 1. The Balaban J connectivity index is 1.99. The standard InChI is InChI=1S/C15H13Cl2NO3S/c1-9(19)12-5-10(16)6-13(17)15(12)21-8-14(20)18-7-11-3-2-4-22-11/h2-6H,7-8H2,1H3,(H,18,20). The van der Waals surface area contributed by atoms with Crippen LogP contribution in [-0.2, 0) is 11.3 Å². The number of rotatable bonds is 6. The summed E-state index contributed by atoms with van der Waals surface area (Å²) in [7, 11) is 0. The smallest absolute Gasteiger partial charge is 0.258 e. The van der Waals surface area contributed by atoms with Gasteiger partial charge < -0.3 is 10.1 Å². The molecule has 1 heterocycles. The van der Waals surface area contributed by atoms with E-state index in [4.69, 9.17) is 27.9 Å². The number of carbonyl (C=O) groups excluding carboxylic acids is 2. The molecule has 0 saturated heterocycles. The van der Waals surface area contributed by atoms with Gasteiger partial charge in [-0.25, -0.2) is 0 Å². The molecule has 4 nitrogen and oxygen atoms in total. The van der Waals surface area contributed by atoms with Crippen LogP contribution in [0.25, 0.3) is 0 Å². The molecule has 0 radical (unpaired) electrons. The highest BCUT2D eigenvalue weighted by atomic mass is 35.5. The summed E-state index contributed by atoms with van der Waals surface area (Å²) in [5, 5.41) is 5.20. The molecule has 0 bridgehead atoms. The van der Waals surface area contributed by atoms with Crippen molar-refractivity contribution in [3.05, 3.63) is 50.1 Å². The maximum Gasteiger partial charge on any atom is 0.258 e. The summed E-state index contributed by atoms with van der Waals surface area (Å²) >= 11 is 13.4. The van der Waals surface area contributed by atoms with Gasteiger partial charge in [0.05, 0.1) is 17.1 Å². The van der Waals surface area contributed by atoms with E-state index in [0.717, 1.165) is 4.88 Å². The molecule has 2 aromatic rings. The number of hydrogen-bond acceptors (Lipinski definition) is 4. The number of amides is 1. The minimum absolute atomic E-state index is 0.171. The van der Waals surface area contributed by atoms with E-state index in [1.165, 1.54) is 19.1 Å². The summed E-state index contributed by atoms with van der Waals surface area (Å²) < 4.78 is 5.40. The fourth-order valence-electron chi connectivity index (χ4n) is 1.76. The van der Waals surface area contributed by atoms with E-state index in [0.29, 0.717) is 11.6 Å². The molecule has 0 unspecified atom stereocenters. The van der Waals surface area contributed by atoms with E-state index < -0.39 is 0 Å². The van der Waals surface area contributed by atoms with Crippen LogP contribution in [0.2, 0.25) is 10.0 Å². The maximum atomic E-state index is 11.8. The third kappa shape index (κ3) is 4.47. The Morgan fingerprint density at radius 2 is 2.09 bits per heavy atom. The van der Waals surface area contributed by atoms with Crippen LogP contribution < -0.4 is 10.1 Å². The Morgan fingerprint density at radius 1 is 1.32 bits per heavy atom. The molecule has 1 N–H and O–H groups in total. The van der Waals surface area contributed by atoms with E-state index >= 15 is 0 Å². The first kappa shape index (κ1) is 16.8. The lowest BCUT2D eigenvalue weighted by Crippen LogP contribution is -2.28. The van der Waals surface area contributed by atoms with Gasteiger partial charge in [0.2, 0.25) is 0 Å². The van der Waals surface area contributed by atoms with Crippen molar-refractivity contribution in [3.8, 4) is 5.75 Å². The monoisotopic (exact) mass is 357 g/mol. The van der Waals surface area contributed by atoms with Crippen LogP contribution in [-0.4, -0.2) is 18.3 Å². The van der Waals surface area contributed by atoms with E-state index in [2.05, 4.69) is 5.32 Å². The second-order valence-electron chi connectivity index (χ2n) is 4.47. The molecule has 0 saturated carbocycles. The van der Waals surface area contributed by atoms with Crippen LogP contribution in [0.1, 0.15) is 22.2 Å². The minimum Gasteiger partial charge on any atom is -0.481 e. The fourth-order valence-corrected chi connectivity index (χ4v) is 2.95. The molecule has 116 valence electrons. The first-order valence-electron chi connectivity index (χ1n) is 6.39. The molecule has 0 aliphatic rings. The topological polar surface area (TPSA) is 55.4 Å². The minimum atomic E-state index is -0.297. The van der Waals surface area contributed by atoms with Crippen molar-refractivity contribution in [2.75, 3.05) is 6.61 Å². The molecule has 0 aliphatic heterocycles. The van der Waals surface area contributed by atoms with E-state index in [1.807, 2.05) is 17.5 Å². The van der Waals surface area contributed by atoms with Gasteiger partial charge in [-0.2, -0.15) is 0 Å². The Labute approximate surface area is 142 Å². The summed E-state index contributed by atoms with van der Waals surface area (Å²) in [6.45, 7) is 1.59. The lowest BCUT2D eigenvalue weighted by Gasteiger charge is -2.12. The van der Waals surface area contributed by atoms with Crippen molar-refractivity contribution in [1.29, 1.82) is 0 Å². The van der Waals surface area contributed by atoms with Crippen molar-refractivity contribution in [2.45, 2.75) is 13.5 Å². The number of ketones is 1. The van der Waals surface area contributed by atoms with E-state index in [-0.39, 0.29) is 34.6 Å². The lowest BCUT2D eigenvalue weighted by atomic mass is 10.1. The van der Waals surface area contributed by atoms with Gasteiger partial charge in [0.25, 0.3) is 5.91 Å². The summed E-state index contributed by atoms with van der Waals surface area (Å²) in [6, 6.07) is 6.77. The molecule has 0 aliphatic carbocycles. The number of ether oxygens (including phenoxy) is 1. The predicted octanol–water partition coefficient (Wildman–Crippen LogP) is 3.95. The normalized spacial score (nSPS) is 10.3. The Hall–Kier alpha value is -1.56. The van der Waals surface area contributed by atoms with Crippen LogP contribution in [0.3, 0.4) is 0 Å². The highest BCUT2D eigenvalue weighted by molar-refractivity contribution is 7.09. The van der Waals surface area contributed by atoms with Crippen LogP contribution in [0, 0.1) is 0 Å². The van der Waals surface area contributed by atoms with Crippen molar-refractivity contribution < 1.29 is 14.3 Å². The van der Waals surface area contributed by atoms with Gasteiger partial charge in [-0.3, -0.25) is 9.59 Å². The molecule has 0 fully saturated rings. The zero-order valence-corrected chi connectivity index (χ0v) is 14.0. The Bertz CT molecular complexity index is 686. The molecule has 1 amide bonds. The SMILES string of the molecule is CC(=O)c1cc(Cl)cc(Cl)c1OCC(=O)NCc1cccs1. The predicted molar refractivity (Wildman–Crippen MR) is 88.1 cm³/mol. The van der Waals surface area contributed by atoms with Crippen LogP contribution in [0.4, 0.5) is 0 Å². The average molecular weight is 358 g/mol. The lowest BCUT2D eigenvalue weighted by molar-refractivity contribution is -0.123. The van der Waals surface area contributed by atoms with Crippen molar-refractivity contribution in [2.24, 2.45) is 0 Å². The van der Waals surface area contributed by atoms with Crippen LogP contribution in [0.5, 0.6) is 5.75 Å². The van der Waals surface area contributed by atoms with Crippen molar-refractivity contribution >= 4 is 46.2 Å². The number of hydrogen-bond donors (Lipinski definition) is 1. The third-order valence-corrected chi connectivity index (χ3v) is 4.15. The molecule has 22 heavy (non-hydrogen) atoms. The average Bonchev–Trinajstić information content (AvgIpc) is 2.96. The van der Waals surface area contributed by atoms with Gasteiger partial charge in [-0.1, -0.05) is 29.3 Å². The van der Waals surface area contributed by atoms with Gasteiger partial charge in [0, 0.05) is 9.90 Å². The van der Waals surface area contributed by atoms with Gasteiger partial charge in [0.1, 0.15) is 5.75 Å². The number of nitrogens with one attached hydrogen (secondary N) is 1. The quantitative estimate of drug-likeness (QED) is 0.796. The molecule has 0 atom stereocenters. The summed E-state index contributed by atoms with van der Waals surface area (Å²) in [4.78, 5) is 24.4. The Kier molecular flexibility index (Phi) is 5.83. The van der Waals surface area contributed by atoms with Crippen molar-refractivity contribution in [1.82, 2.24) is 5.32 Å². The first-order chi connectivity index (χ1) is 10.5. The second kappa shape index (κ2) is 7.63. The molecule has 7 heteroatoms. The molecule has 1 aromatic carbocycles. The highest BCUT2D eigenvalue weighted by Gasteiger charge is 2.15. The van der Waals surface area contributed by atoms with Gasteiger partial charge in [-0.15, -0.1) is 11.3 Å². The molecule has 0 spiro atoms. The third-order valence-electron chi connectivity index (χ3n) is 2.78. The Morgan fingerprint density at radius 3 is 2.73 bits per heavy atom. The zero-order valence-electron chi connectivity index (χ0n) is 11.7. The number of Topliss-reactive ketones (excluding diaryl/α,β-unsaturated/α-hetero) is 1. The van der Waals surface area contributed by atoms with Crippen molar-refractivity contribution in [3.63, 3.8) is 0 Å². The summed E-state index contributed by atoms with van der Waals surface area (Å²) in [5.74, 6) is -0.364. The molecule has 2 rings (SSSR count). The zero-order chi connectivity index (χ0) is 16.1. The second-order valence-corrected chi connectivity index (χ2v) is 6.34. The van der Waals surface area contributed by atoms with E-state index in [9.17, 15) is 9.59 Å². The molecular formula is C15H13Cl2NO3S. The number of carbonyl (C=O) groups is 2. The largest absolute Gasteiger partial charge is 0.481 e. The van der Waals surface area contributed by atoms with Gasteiger partial charge in [0.15, 0.2) is 12.4 Å². The van der Waals surface area contributed by atoms with Gasteiger partial charge >= 0.3 is 0 Å². The number of halogens is 2. The summed E-state index contributed by atoms with van der Waals surface area (Å²) in [5.41, 5.74) is 0.253. The fraction of sp³-hybridized carbons (Fsp3) is 0.200. The van der Waals surface area contributed by atoms with Crippen LogP contribution in [0.15, 0.2) is 29.6 Å². The van der Waals surface area contributed by atoms with E-state index in [1.54, 1.807) is 11.3 Å². The van der Waals surface area contributed by atoms with Gasteiger partial charge in [-0.05, 0) is 30.5 Å².